The van der Waals surface area contributed by atoms with Gasteiger partial charge in [0.25, 0.3) is 5.91 Å². The van der Waals surface area contributed by atoms with E-state index in [0.717, 1.165) is 25.7 Å². The summed E-state index contributed by atoms with van der Waals surface area (Å²) in [6.07, 6.45) is 8.08. The second kappa shape index (κ2) is 13.0. The van der Waals surface area contributed by atoms with E-state index in [1.54, 1.807) is 4.90 Å². The zero-order chi connectivity index (χ0) is 32.4. The minimum atomic E-state index is -1.28. The van der Waals surface area contributed by atoms with Crippen LogP contribution in [0.1, 0.15) is 57.8 Å². The van der Waals surface area contributed by atoms with Crippen molar-refractivity contribution in [1.29, 1.82) is 0 Å². The van der Waals surface area contributed by atoms with Gasteiger partial charge < -0.3 is 34.2 Å². The summed E-state index contributed by atoms with van der Waals surface area (Å²) in [6, 6.07) is -0.918. The normalized spacial score (nSPS) is 43.1. The van der Waals surface area contributed by atoms with Gasteiger partial charge in [-0.1, -0.05) is 12.8 Å². The quantitative estimate of drug-likeness (QED) is 0.425. The van der Waals surface area contributed by atoms with Crippen molar-refractivity contribution >= 4 is 17.6 Å². The number of carbonyl (C=O) groups is 3. The number of ether oxygens (including phenoxy) is 3. The molecule has 5 heterocycles. The molecule has 0 aromatic carbocycles. The van der Waals surface area contributed by atoms with E-state index in [1.165, 1.54) is 19.3 Å². The highest BCUT2D eigenvalue weighted by Crippen LogP contribution is 2.53. The molecule has 3 saturated carbocycles. The minimum absolute atomic E-state index is 0.0195. The zero-order valence-electron chi connectivity index (χ0n) is 27.9. The SMILES string of the molecule is CN(C)CCC(=O)N[C@@H]1CCN(C2C(F)CC3C(=O)C(C(=O)N4CCOCC4)=CN4C5CC6OC7CCCCC7C6CC5OC2C34)C1. The maximum absolute atomic E-state index is 16.6. The third-order valence-electron chi connectivity index (χ3n) is 12.7. The largest absolute Gasteiger partial charge is 0.378 e. The predicted molar refractivity (Wildman–Crippen MR) is 170 cm³/mol. The molecular formula is C35H52FN5O6. The minimum Gasteiger partial charge on any atom is -0.378 e. The molecule has 0 aromatic heterocycles. The van der Waals surface area contributed by atoms with Gasteiger partial charge >= 0.3 is 0 Å². The smallest absolute Gasteiger partial charge is 0.259 e. The van der Waals surface area contributed by atoms with E-state index in [2.05, 4.69) is 15.1 Å². The Balaban J connectivity index is 1.08. The van der Waals surface area contributed by atoms with Crippen molar-refractivity contribution in [2.45, 2.75) is 113 Å². The molecule has 12 heteroatoms. The van der Waals surface area contributed by atoms with Crippen molar-refractivity contribution in [3.05, 3.63) is 11.8 Å². The van der Waals surface area contributed by atoms with Gasteiger partial charge in [0.1, 0.15) is 6.17 Å². The first-order chi connectivity index (χ1) is 22.8. The molecule has 5 aliphatic heterocycles. The number of amides is 2. The standard InChI is InChI=1S/C35H52FN5O6/c1-38(2)9-8-30(42)37-20-7-10-40(18-20)32-25(36)15-23-31-34(32)47-29-16-22-21-5-3-4-6-27(21)46-28(22)17-26(29)41(31)19-24(33(23)43)35(44)39-11-13-45-14-12-39/h19-23,25-29,31-32,34H,3-18H2,1-2H3,(H,37,42)/t20-,21?,22?,23?,25?,26?,27?,28?,29?,31?,32?,34?/m1/s1. The van der Waals surface area contributed by atoms with E-state index in [0.29, 0.717) is 70.3 Å². The molecule has 1 N–H and O–H groups in total. The Kier molecular flexibility index (Phi) is 8.86. The summed E-state index contributed by atoms with van der Waals surface area (Å²) < 4.78 is 35.9. The summed E-state index contributed by atoms with van der Waals surface area (Å²) in [7, 11) is 3.90. The molecule has 12 atom stereocenters. The fraction of sp³-hybridized carbons (Fsp3) is 0.857. The summed E-state index contributed by atoms with van der Waals surface area (Å²) in [4.78, 5) is 48.8. The van der Waals surface area contributed by atoms with Crippen molar-refractivity contribution < 1.29 is 33.0 Å². The summed E-state index contributed by atoms with van der Waals surface area (Å²) >= 11 is 0. The molecule has 7 fully saturated rings. The van der Waals surface area contributed by atoms with Gasteiger partial charge in [0.05, 0.1) is 61.3 Å². The molecule has 0 spiro atoms. The lowest BCUT2D eigenvalue weighted by atomic mass is 9.67. The van der Waals surface area contributed by atoms with Crippen LogP contribution in [0.2, 0.25) is 0 Å². The van der Waals surface area contributed by atoms with Crippen LogP contribution in [-0.4, -0.2) is 152 Å². The van der Waals surface area contributed by atoms with E-state index < -0.39 is 24.2 Å². The van der Waals surface area contributed by atoms with Crippen molar-refractivity contribution in [3.8, 4) is 0 Å². The number of rotatable bonds is 6. The molecule has 0 radical (unpaired) electrons. The average molecular weight is 658 g/mol. The lowest BCUT2D eigenvalue weighted by Gasteiger charge is -2.61. The van der Waals surface area contributed by atoms with Crippen LogP contribution in [0.3, 0.4) is 0 Å². The Bertz CT molecular complexity index is 1260. The molecule has 8 aliphatic rings. The van der Waals surface area contributed by atoms with E-state index in [9.17, 15) is 14.4 Å². The van der Waals surface area contributed by atoms with Gasteiger partial charge in [-0.2, -0.15) is 0 Å². The van der Waals surface area contributed by atoms with Crippen molar-refractivity contribution in [2.75, 3.05) is 60.0 Å². The number of fused-ring (bicyclic) bond motifs is 5. The maximum Gasteiger partial charge on any atom is 0.259 e. The van der Waals surface area contributed by atoms with Gasteiger partial charge in [-0.25, -0.2) is 4.39 Å². The fourth-order valence-corrected chi connectivity index (χ4v) is 10.5. The molecule has 3 aliphatic carbocycles. The number of carbonyl (C=O) groups excluding carboxylic acids is 3. The van der Waals surface area contributed by atoms with Gasteiger partial charge in [-0.3, -0.25) is 19.3 Å². The zero-order valence-corrected chi connectivity index (χ0v) is 27.9. The fourth-order valence-electron chi connectivity index (χ4n) is 10.5. The van der Waals surface area contributed by atoms with Gasteiger partial charge in [0, 0.05) is 57.3 Å². The maximum atomic E-state index is 16.6. The van der Waals surface area contributed by atoms with Crippen LogP contribution in [0.25, 0.3) is 0 Å². The van der Waals surface area contributed by atoms with Crippen LogP contribution in [0, 0.1) is 17.8 Å². The molecule has 2 amide bonds. The lowest BCUT2D eigenvalue weighted by Crippen LogP contribution is -2.73. The number of Topliss-reactive ketones (excluding diaryl/α,β-unsaturated/α-hetero) is 1. The Labute approximate surface area is 277 Å². The second-order valence-corrected chi connectivity index (χ2v) is 15.7. The van der Waals surface area contributed by atoms with E-state index in [4.69, 9.17) is 14.2 Å². The number of morpholine rings is 2. The number of alkyl halides is 1. The number of nitrogens with one attached hydrogen (secondary N) is 1. The number of halogens is 1. The molecule has 260 valence electrons. The number of likely N-dealkylation sites (tertiary alicyclic amines) is 1. The molecule has 0 aromatic rings. The van der Waals surface area contributed by atoms with Crippen LogP contribution >= 0.6 is 0 Å². The van der Waals surface area contributed by atoms with E-state index in [-0.39, 0.29) is 59.9 Å². The van der Waals surface area contributed by atoms with Crippen molar-refractivity contribution in [2.24, 2.45) is 17.8 Å². The summed E-state index contributed by atoms with van der Waals surface area (Å²) in [5.41, 5.74) is 0.183. The Hall–Kier alpha value is -2.12. The number of nitrogens with zero attached hydrogens (tertiary/aromatic N) is 4. The van der Waals surface area contributed by atoms with Gasteiger partial charge in [-0.05, 0) is 64.5 Å². The first-order valence-corrected chi connectivity index (χ1v) is 18.3. The summed E-state index contributed by atoms with van der Waals surface area (Å²) in [5, 5.41) is 3.17. The van der Waals surface area contributed by atoms with Crippen LogP contribution in [0.15, 0.2) is 11.8 Å². The topological polar surface area (TPSA) is 104 Å². The average Bonchev–Trinajstić information content (AvgIpc) is 3.68. The predicted octanol–water partition coefficient (Wildman–Crippen LogP) is 1.35. The van der Waals surface area contributed by atoms with Crippen LogP contribution < -0.4 is 5.32 Å². The van der Waals surface area contributed by atoms with Crippen molar-refractivity contribution in [1.82, 2.24) is 24.9 Å². The molecule has 8 rings (SSSR count). The molecule has 47 heavy (non-hydrogen) atoms. The molecule has 0 bridgehead atoms. The molecule has 11 nitrogen and oxygen atoms in total. The first kappa shape index (κ1) is 32.1. The molecule has 11 unspecified atom stereocenters. The lowest BCUT2D eigenvalue weighted by molar-refractivity contribution is -0.220. The second-order valence-electron chi connectivity index (χ2n) is 15.7. The van der Waals surface area contributed by atoms with E-state index >= 15 is 4.39 Å². The molecular weight excluding hydrogens is 605 g/mol. The van der Waals surface area contributed by atoms with Crippen LogP contribution in [-0.2, 0) is 28.6 Å². The summed E-state index contributed by atoms with van der Waals surface area (Å²) in [5.74, 6) is -0.168. The number of hydrogen-bond donors (Lipinski definition) is 1. The number of ketones is 1. The number of hydrogen-bond acceptors (Lipinski definition) is 9. The van der Waals surface area contributed by atoms with Gasteiger partial charge in [0.15, 0.2) is 5.78 Å². The van der Waals surface area contributed by atoms with Crippen LogP contribution in [0.4, 0.5) is 4.39 Å². The van der Waals surface area contributed by atoms with E-state index in [1.807, 2.05) is 25.2 Å². The Morgan fingerprint density at radius 2 is 1.77 bits per heavy atom. The van der Waals surface area contributed by atoms with Gasteiger partial charge in [0.2, 0.25) is 5.91 Å². The van der Waals surface area contributed by atoms with Gasteiger partial charge in [-0.15, -0.1) is 0 Å². The third kappa shape index (κ3) is 5.83. The first-order valence-electron chi connectivity index (χ1n) is 18.3. The third-order valence-corrected chi connectivity index (χ3v) is 12.7. The Morgan fingerprint density at radius 3 is 2.57 bits per heavy atom. The molecule has 4 saturated heterocycles. The Morgan fingerprint density at radius 1 is 0.957 bits per heavy atom. The van der Waals surface area contributed by atoms with Crippen molar-refractivity contribution in [3.63, 3.8) is 0 Å². The monoisotopic (exact) mass is 657 g/mol. The highest BCUT2D eigenvalue weighted by molar-refractivity contribution is 6.20. The highest BCUT2D eigenvalue weighted by Gasteiger charge is 2.62. The van der Waals surface area contributed by atoms with Crippen LogP contribution in [0.5, 0.6) is 0 Å². The highest BCUT2D eigenvalue weighted by atomic mass is 19.1. The summed E-state index contributed by atoms with van der Waals surface area (Å²) in [6.45, 7) is 3.72.